The average Bonchev–Trinajstić information content (AvgIpc) is 2.46. The van der Waals surface area contributed by atoms with Gasteiger partial charge in [-0.05, 0) is 32.9 Å². The lowest BCUT2D eigenvalue weighted by atomic mass is 10.2. The molecule has 3 N–H and O–H groups in total. The number of carbonyl (C=O) groups is 2. The van der Waals surface area contributed by atoms with E-state index < -0.39 is 29.0 Å². The van der Waals surface area contributed by atoms with Gasteiger partial charge in [-0.1, -0.05) is 0 Å². The number of quaternary nitrogens is 1. The Hall–Kier alpha value is -2.09. The van der Waals surface area contributed by atoms with E-state index in [1.807, 2.05) is 13.8 Å². The van der Waals surface area contributed by atoms with E-state index in [0.29, 0.717) is 11.4 Å². The summed E-state index contributed by atoms with van der Waals surface area (Å²) in [6, 6.07) is 1.67. The Morgan fingerprint density at radius 3 is 2.26 bits per heavy atom. The number of hydrogen-bond acceptors (Lipinski definition) is 2. The van der Waals surface area contributed by atoms with Gasteiger partial charge < -0.3 is 15.5 Å². The van der Waals surface area contributed by atoms with Gasteiger partial charge in [0.15, 0.2) is 30.5 Å². The van der Waals surface area contributed by atoms with E-state index in [-0.39, 0.29) is 25.0 Å². The molecule has 0 radical (unpaired) electrons. The molecular formula is C15H21F3N3O2+. The van der Waals surface area contributed by atoms with Crippen LogP contribution in [-0.2, 0) is 9.59 Å². The first-order valence-electron chi connectivity index (χ1n) is 7.30. The largest absolute Gasteiger partial charge is 0.349 e. The first-order chi connectivity index (χ1) is 10.7. The van der Waals surface area contributed by atoms with Crippen LogP contribution < -0.4 is 15.5 Å². The Morgan fingerprint density at radius 1 is 1.09 bits per heavy atom. The van der Waals surface area contributed by atoms with Crippen LogP contribution in [0.4, 0.5) is 18.9 Å². The van der Waals surface area contributed by atoms with Crippen molar-refractivity contribution in [2.75, 3.05) is 25.0 Å². The Labute approximate surface area is 132 Å². The molecule has 128 valence electrons. The molecule has 0 bridgehead atoms. The van der Waals surface area contributed by atoms with Crippen molar-refractivity contribution in [2.45, 2.75) is 26.8 Å². The van der Waals surface area contributed by atoms with Crippen molar-refractivity contribution in [3.63, 3.8) is 0 Å². The highest BCUT2D eigenvalue weighted by Gasteiger charge is 2.19. The molecule has 1 atom stereocenters. The molecule has 8 heteroatoms. The highest BCUT2D eigenvalue weighted by molar-refractivity contribution is 5.91. The van der Waals surface area contributed by atoms with Crippen molar-refractivity contribution in [2.24, 2.45) is 0 Å². The lowest BCUT2D eigenvalue weighted by Crippen LogP contribution is -3.14. The molecule has 0 fully saturated rings. The normalized spacial score (nSPS) is 12.1. The van der Waals surface area contributed by atoms with Crippen LogP contribution in [0.3, 0.4) is 0 Å². The Balaban J connectivity index is 2.64. The summed E-state index contributed by atoms with van der Waals surface area (Å²) in [6.45, 7) is 5.93. The van der Waals surface area contributed by atoms with Crippen molar-refractivity contribution in [3.05, 3.63) is 29.6 Å². The number of amides is 2. The molecule has 1 unspecified atom stereocenters. The SMILES string of the molecule is CC[NH+](CC(=O)Nc1ccc(F)c(F)c1F)CC(=O)NC(C)C. The summed E-state index contributed by atoms with van der Waals surface area (Å²) in [5, 5.41) is 4.89. The molecule has 1 aromatic rings. The molecule has 2 amide bonds. The number of rotatable bonds is 7. The standard InChI is InChI=1S/C15H20F3N3O2/c1-4-21(7-12(22)19-9(2)3)8-13(23)20-11-6-5-10(16)14(17)15(11)18/h5-6,9H,4,7-8H2,1-3H3,(H,19,22)(H,20,23)/p+1. The molecule has 0 saturated carbocycles. The van der Waals surface area contributed by atoms with Crippen LogP contribution in [0.15, 0.2) is 12.1 Å². The van der Waals surface area contributed by atoms with Crippen molar-refractivity contribution in [3.8, 4) is 0 Å². The third-order valence-corrected chi connectivity index (χ3v) is 3.08. The Kier molecular flexibility index (Phi) is 7.02. The topological polar surface area (TPSA) is 62.6 Å². The van der Waals surface area contributed by atoms with E-state index in [4.69, 9.17) is 0 Å². The summed E-state index contributed by atoms with van der Waals surface area (Å²) >= 11 is 0. The number of halogens is 3. The minimum atomic E-state index is -1.64. The molecule has 23 heavy (non-hydrogen) atoms. The van der Waals surface area contributed by atoms with Crippen LogP contribution >= 0.6 is 0 Å². The molecular weight excluding hydrogens is 311 g/mol. The van der Waals surface area contributed by atoms with Crippen LogP contribution in [0.2, 0.25) is 0 Å². The fraction of sp³-hybridized carbons (Fsp3) is 0.467. The lowest BCUT2D eigenvalue weighted by molar-refractivity contribution is -0.881. The minimum Gasteiger partial charge on any atom is -0.349 e. The number of nitrogens with one attached hydrogen (secondary N) is 3. The number of benzene rings is 1. The Bertz CT molecular complexity index is 579. The molecule has 0 aromatic heterocycles. The van der Waals surface area contributed by atoms with E-state index in [2.05, 4.69) is 10.6 Å². The molecule has 0 aliphatic carbocycles. The third kappa shape index (κ3) is 5.90. The molecule has 1 rings (SSSR count). The smallest absolute Gasteiger partial charge is 0.279 e. The van der Waals surface area contributed by atoms with Gasteiger partial charge in [0.1, 0.15) is 0 Å². The number of anilines is 1. The molecule has 0 aliphatic heterocycles. The van der Waals surface area contributed by atoms with Gasteiger partial charge in [-0.15, -0.1) is 0 Å². The van der Waals surface area contributed by atoms with Crippen LogP contribution in [0, 0.1) is 17.5 Å². The Morgan fingerprint density at radius 2 is 1.70 bits per heavy atom. The van der Waals surface area contributed by atoms with E-state index >= 15 is 0 Å². The fourth-order valence-corrected chi connectivity index (χ4v) is 1.96. The lowest BCUT2D eigenvalue weighted by Gasteiger charge is -2.18. The quantitative estimate of drug-likeness (QED) is 0.636. The van der Waals surface area contributed by atoms with Gasteiger partial charge in [0, 0.05) is 6.04 Å². The van der Waals surface area contributed by atoms with Crippen LogP contribution in [-0.4, -0.2) is 37.5 Å². The van der Waals surface area contributed by atoms with Gasteiger partial charge in [0.2, 0.25) is 0 Å². The first-order valence-corrected chi connectivity index (χ1v) is 7.30. The van der Waals surface area contributed by atoms with Crippen LogP contribution in [0.1, 0.15) is 20.8 Å². The summed E-state index contributed by atoms with van der Waals surface area (Å²) in [5.74, 6) is -5.22. The van der Waals surface area contributed by atoms with E-state index in [0.717, 1.165) is 12.1 Å². The van der Waals surface area contributed by atoms with Gasteiger partial charge in [-0.3, -0.25) is 9.59 Å². The van der Waals surface area contributed by atoms with Crippen molar-refractivity contribution >= 4 is 17.5 Å². The molecule has 0 aliphatic rings. The van der Waals surface area contributed by atoms with Gasteiger partial charge in [0.25, 0.3) is 11.8 Å². The highest BCUT2D eigenvalue weighted by atomic mass is 19.2. The van der Waals surface area contributed by atoms with Crippen LogP contribution in [0.5, 0.6) is 0 Å². The van der Waals surface area contributed by atoms with Crippen molar-refractivity contribution < 1.29 is 27.7 Å². The number of hydrogen-bond donors (Lipinski definition) is 3. The zero-order valence-corrected chi connectivity index (χ0v) is 13.3. The summed E-state index contributed by atoms with van der Waals surface area (Å²) in [5.41, 5.74) is -0.434. The van der Waals surface area contributed by atoms with E-state index in [9.17, 15) is 22.8 Å². The summed E-state index contributed by atoms with van der Waals surface area (Å²) in [6.07, 6.45) is 0. The maximum absolute atomic E-state index is 13.5. The maximum atomic E-state index is 13.5. The van der Waals surface area contributed by atoms with E-state index in [1.165, 1.54) is 0 Å². The molecule has 0 heterocycles. The van der Waals surface area contributed by atoms with Gasteiger partial charge in [0.05, 0.1) is 12.2 Å². The molecule has 0 saturated heterocycles. The average molecular weight is 332 g/mol. The van der Waals surface area contributed by atoms with Gasteiger partial charge >= 0.3 is 0 Å². The second kappa shape index (κ2) is 8.52. The highest BCUT2D eigenvalue weighted by Crippen LogP contribution is 2.19. The summed E-state index contributed by atoms with van der Waals surface area (Å²) in [7, 11) is 0. The van der Waals surface area contributed by atoms with Crippen molar-refractivity contribution in [1.82, 2.24) is 5.32 Å². The molecule has 0 spiro atoms. The third-order valence-electron chi connectivity index (χ3n) is 3.08. The van der Waals surface area contributed by atoms with Crippen molar-refractivity contribution in [1.29, 1.82) is 0 Å². The predicted octanol–water partition coefficient (Wildman–Crippen LogP) is 0.472. The molecule has 1 aromatic carbocycles. The molecule has 5 nitrogen and oxygen atoms in total. The second-order valence-corrected chi connectivity index (χ2v) is 5.45. The number of carbonyl (C=O) groups excluding carboxylic acids is 2. The summed E-state index contributed by atoms with van der Waals surface area (Å²) < 4.78 is 39.4. The zero-order valence-electron chi connectivity index (χ0n) is 13.3. The monoisotopic (exact) mass is 332 g/mol. The predicted molar refractivity (Wildman–Crippen MR) is 79.5 cm³/mol. The maximum Gasteiger partial charge on any atom is 0.279 e. The van der Waals surface area contributed by atoms with Gasteiger partial charge in [-0.25, -0.2) is 13.2 Å². The summed E-state index contributed by atoms with van der Waals surface area (Å²) in [4.78, 5) is 24.2. The van der Waals surface area contributed by atoms with E-state index in [1.54, 1.807) is 6.92 Å². The van der Waals surface area contributed by atoms with Crippen LogP contribution in [0.25, 0.3) is 0 Å². The fourth-order valence-electron chi connectivity index (χ4n) is 1.96. The van der Waals surface area contributed by atoms with Gasteiger partial charge in [-0.2, -0.15) is 0 Å². The zero-order chi connectivity index (χ0) is 17.6. The minimum absolute atomic E-state index is 0.00859. The number of likely N-dealkylation sites (N-methyl/N-ethyl adjacent to an activating group) is 1. The second-order valence-electron chi connectivity index (χ2n) is 5.45. The first kappa shape index (κ1) is 19.0.